The molecule has 0 aliphatic heterocycles. The Morgan fingerprint density at radius 1 is 1.32 bits per heavy atom. The standard InChI is InChI=1S/C13H21N3O5S/c1-4-15(5-2)9-8-14-22(19,20)11-6-7-13(21-3)12(10-11)16(17)18/h6-7,10,14H,4-5,8-9H2,1-3H3. The molecule has 0 aliphatic carbocycles. The molecule has 0 saturated carbocycles. The maximum Gasteiger partial charge on any atom is 0.312 e. The molecule has 0 bridgehead atoms. The third kappa shape index (κ3) is 4.65. The lowest BCUT2D eigenvalue weighted by Gasteiger charge is -2.18. The summed E-state index contributed by atoms with van der Waals surface area (Å²) < 4.78 is 31.6. The zero-order chi connectivity index (χ0) is 16.8. The summed E-state index contributed by atoms with van der Waals surface area (Å²) in [5.74, 6) is 0.0205. The zero-order valence-corrected chi connectivity index (χ0v) is 13.7. The minimum Gasteiger partial charge on any atom is -0.490 e. The maximum absolute atomic E-state index is 12.2. The molecule has 0 unspecified atom stereocenters. The summed E-state index contributed by atoms with van der Waals surface area (Å²) >= 11 is 0. The van der Waals surface area contributed by atoms with Crippen LogP contribution in [0.5, 0.6) is 5.75 Å². The molecule has 0 heterocycles. The molecule has 0 spiro atoms. The van der Waals surface area contributed by atoms with Crippen molar-refractivity contribution in [2.45, 2.75) is 18.7 Å². The van der Waals surface area contributed by atoms with Gasteiger partial charge in [0.15, 0.2) is 5.75 Å². The number of nitro groups is 1. The summed E-state index contributed by atoms with van der Waals surface area (Å²) in [4.78, 5) is 12.2. The van der Waals surface area contributed by atoms with Crippen LogP contribution >= 0.6 is 0 Å². The van der Waals surface area contributed by atoms with Crippen LogP contribution in [0.25, 0.3) is 0 Å². The minimum atomic E-state index is -3.79. The summed E-state index contributed by atoms with van der Waals surface area (Å²) in [6.07, 6.45) is 0. The van der Waals surface area contributed by atoms with E-state index in [-0.39, 0.29) is 22.9 Å². The Morgan fingerprint density at radius 2 is 1.95 bits per heavy atom. The van der Waals surface area contributed by atoms with Gasteiger partial charge in [-0.2, -0.15) is 0 Å². The van der Waals surface area contributed by atoms with Gasteiger partial charge in [0.2, 0.25) is 10.0 Å². The fraction of sp³-hybridized carbons (Fsp3) is 0.538. The second kappa shape index (κ2) is 8.06. The quantitative estimate of drug-likeness (QED) is 0.539. The Labute approximate surface area is 130 Å². The summed E-state index contributed by atoms with van der Waals surface area (Å²) in [5, 5.41) is 10.9. The predicted octanol–water partition coefficient (Wildman–Crippen LogP) is 1.22. The number of sulfonamides is 1. The normalized spacial score (nSPS) is 11.6. The largest absolute Gasteiger partial charge is 0.490 e. The van der Waals surface area contributed by atoms with E-state index in [9.17, 15) is 18.5 Å². The molecular formula is C13H21N3O5S. The second-order valence-corrected chi connectivity index (χ2v) is 6.28. The maximum atomic E-state index is 12.2. The first-order valence-corrected chi connectivity index (χ1v) is 8.38. The number of nitrogens with zero attached hydrogens (tertiary/aromatic N) is 2. The van der Waals surface area contributed by atoms with E-state index >= 15 is 0 Å². The molecule has 0 saturated heterocycles. The molecule has 1 rings (SSSR count). The molecular weight excluding hydrogens is 310 g/mol. The number of hydrogen-bond acceptors (Lipinski definition) is 6. The van der Waals surface area contributed by atoms with Gasteiger partial charge in [0, 0.05) is 19.2 Å². The van der Waals surface area contributed by atoms with Crippen LogP contribution in [0.1, 0.15) is 13.8 Å². The molecule has 9 heteroatoms. The van der Waals surface area contributed by atoms with Crippen LogP contribution in [0.2, 0.25) is 0 Å². The molecule has 1 aromatic rings. The van der Waals surface area contributed by atoms with Gasteiger partial charge < -0.3 is 9.64 Å². The highest BCUT2D eigenvalue weighted by molar-refractivity contribution is 7.89. The Bertz CT molecular complexity index is 614. The van der Waals surface area contributed by atoms with Gasteiger partial charge in [0.25, 0.3) is 0 Å². The van der Waals surface area contributed by atoms with Crippen molar-refractivity contribution < 1.29 is 18.1 Å². The third-order valence-corrected chi connectivity index (χ3v) is 4.73. The first-order valence-electron chi connectivity index (χ1n) is 6.90. The van der Waals surface area contributed by atoms with Gasteiger partial charge in [-0.05, 0) is 25.2 Å². The van der Waals surface area contributed by atoms with E-state index in [2.05, 4.69) is 9.62 Å². The van der Waals surface area contributed by atoms with Crippen LogP contribution < -0.4 is 9.46 Å². The van der Waals surface area contributed by atoms with Crippen molar-refractivity contribution in [3.05, 3.63) is 28.3 Å². The fourth-order valence-corrected chi connectivity index (χ4v) is 2.98. The Kier molecular flexibility index (Phi) is 6.72. The van der Waals surface area contributed by atoms with Crippen LogP contribution in [0.3, 0.4) is 0 Å². The third-order valence-electron chi connectivity index (χ3n) is 3.27. The average molecular weight is 331 g/mol. The number of methoxy groups -OCH3 is 1. The second-order valence-electron chi connectivity index (χ2n) is 4.52. The van der Waals surface area contributed by atoms with Gasteiger partial charge in [-0.3, -0.25) is 10.1 Å². The van der Waals surface area contributed by atoms with Gasteiger partial charge in [0.05, 0.1) is 16.9 Å². The Morgan fingerprint density at radius 3 is 2.45 bits per heavy atom. The smallest absolute Gasteiger partial charge is 0.312 e. The number of nitro benzene ring substituents is 1. The number of nitrogens with one attached hydrogen (secondary N) is 1. The molecule has 1 N–H and O–H groups in total. The van der Waals surface area contributed by atoms with Crippen molar-refractivity contribution in [1.29, 1.82) is 0 Å². The van der Waals surface area contributed by atoms with Crippen molar-refractivity contribution in [2.75, 3.05) is 33.3 Å². The number of hydrogen-bond donors (Lipinski definition) is 1. The van der Waals surface area contributed by atoms with E-state index in [1.165, 1.54) is 19.2 Å². The molecule has 8 nitrogen and oxygen atoms in total. The van der Waals surface area contributed by atoms with Crippen LogP contribution in [0.4, 0.5) is 5.69 Å². The molecule has 22 heavy (non-hydrogen) atoms. The molecule has 1 aromatic carbocycles. The van der Waals surface area contributed by atoms with E-state index in [1.807, 2.05) is 13.8 Å². The van der Waals surface area contributed by atoms with Gasteiger partial charge in [-0.1, -0.05) is 13.8 Å². The molecule has 0 aromatic heterocycles. The van der Waals surface area contributed by atoms with E-state index in [1.54, 1.807) is 0 Å². The molecule has 0 aliphatic rings. The van der Waals surface area contributed by atoms with Gasteiger partial charge >= 0.3 is 5.69 Å². The zero-order valence-electron chi connectivity index (χ0n) is 12.9. The fourth-order valence-electron chi connectivity index (χ4n) is 1.94. The molecule has 0 radical (unpaired) electrons. The monoisotopic (exact) mass is 331 g/mol. The van der Waals surface area contributed by atoms with Gasteiger partial charge in [-0.15, -0.1) is 0 Å². The molecule has 0 fully saturated rings. The molecule has 0 amide bonds. The van der Waals surface area contributed by atoms with Gasteiger partial charge in [0.1, 0.15) is 0 Å². The van der Waals surface area contributed by atoms with Crippen molar-refractivity contribution in [2.24, 2.45) is 0 Å². The first kappa shape index (κ1) is 18.3. The SMILES string of the molecule is CCN(CC)CCNS(=O)(=O)c1ccc(OC)c([N+](=O)[O-])c1. The minimum absolute atomic E-state index is 0.0205. The number of rotatable bonds is 9. The highest BCUT2D eigenvalue weighted by Gasteiger charge is 2.21. The molecule has 0 atom stereocenters. The van der Waals surface area contributed by atoms with Crippen molar-refractivity contribution >= 4 is 15.7 Å². The van der Waals surface area contributed by atoms with E-state index < -0.39 is 14.9 Å². The Hall–Kier alpha value is -1.71. The van der Waals surface area contributed by atoms with Crippen molar-refractivity contribution in [3.8, 4) is 5.75 Å². The number of benzene rings is 1. The molecule has 124 valence electrons. The van der Waals surface area contributed by atoms with Crippen LogP contribution in [0, 0.1) is 10.1 Å². The van der Waals surface area contributed by atoms with E-state index in [4.69, 9.17) is 4.74 Å². The summed E-state index contributed by atoms with van der Waals surface area (Å²) in [6.45, 7) is 6.45. The summed E-state index contributed by atoms with van der Waals surface area (Å²) in [5.41, 5.74) is -0.380. The van der Waals surface area contributed by atoms with Crippen molar-refractivity contribution in [3.63, 3.8) is 0 Å². The first-order chi connectivity index (χ1) is 10.4. The highest BCUT2D eigenvalue weighted by Crippen LogP contribution is 2.29. The number of ether oxygens (including phenoxy) is 1. The lowest BCUT2D eigenvalue weighted by molar-refractivity contribution is -0.386. The average Bonchev–Trinajstić information content (AvgIpc) is 2.50. The van der Waals surface area contributed by atoms with Gasteiger partial charge in [-0.25, -0.2) is 13.1 Å². The van der Waals surface area contributed by atoms with Crippen LogP contribution in [-0.2, 0) is 10.0 Å². The lowest BCUT2D eigenvalue weighted by Crippen LogP contribution is -2.34. The van der Waals surface area contributed by atoms with Crippen LogP contribution in [-0.4, -0.2) is 51.5 Å². The number of likely N-dealkylation sites (N-methyl/N-ethyl adjacent to an activating group) is 1. The summed E-state index contributed by atoms with van der Waals surface area (Å²) in [7, 11) is -2.50. The lowest BCUT2D eigenvalue weighted by atomic mass is 10.3. The topological polar surface area (TPSA) is 102 Å². The predicted molar refractivity (Wildman–Crippen MR) is 82.6 cm³/mol. The summed E-state index contributed by atoms with van der Waals surface area (Å²) in [6, 6.07) is 3.56. The van der Waals surface area contributed by atoms with E-state index in [0.29, 0.717) is 6.54 Å². The Balaban J connectivity index is 2.89. The van der Waals surface area contributed by atoms with Crippen LogP contribution in [0.15, 0.2) is 23.1 Å². The van der Waals surface area contributed by atoms with E-state index in [0.717, 1.165) is 19.2 Å². The highest BCUT2D eigenvalue weighted by atomic mass is 32.2. The van der Waals surface area contributed by atoms with Crippen molar-refractivity contribution in [1.82, 2.24) is 9.62 Å².